The second-order valence-corrected chi connectivity index (χ2v) is 9.51. The van der Waals surface area contributed by atoms with Crippen molar-refractivity contribution < 1.29 is 27.2 Å². The van der Waals surface area contributed by atoms with E-state index >= 15 is 4.39 Å². The number of anilines is 2. The number of nitrogens with zero attached hydrogens (tertiary/aromatic N) is 6. The number of amides is 2. The molecule has 2 aliphatic rings. The number of carbonyl (C=O) groups is 2. The van der Waals surface area contributed by atoms with Gasteiger partial charge < -0.3 is 10.2 Å². The van der Waals surface area contributed by atoms with Crippen LogP contribution in [0.4, 0.5) is 28.9 Å². The molecule has 1 aromatic carbocycles. The van der Waals surface area contributed by atoms with Gasteiger partial charge in [0.2, 0.25) is 0 Å². The predicted molar refractivity (Wildman–Crippen MR) is 134 cm³/mol. The molecule has 0 unspecified atom stereocenters. The molecule has 5 rings (SSSR count). The van der Waals surface area contributed by atoms with E-state index in [4.69, 9.17) is 17.5 Å². The number of alkyl halides is 3. The lowest BCUT2D eigenvalue weighted by Gasteiger charge is -2.43. The Morgan fingerprint density at radius 2 is 1.97 bits per heavy atom. The van der Waals surface area contributed by atoms with Crippen LogP contribution in [0.15, 0.2) is 42.7 Å². The Hall–Kier alpha value is -4.38. The van der Waals surface area contributed by atoms with Gasteiger partial charge in [0.05, 0.1) is 17.4 Å². The van der Waals surface area contributed by atoms with E-state index in [-0.39, 0.29) is 28.6 Å². The molecule has 1 aliphatic heterocycles. The van der Waals surface area contributed by atoms with Crippen LogP contribution in [0.3, 0.4) is 0 Å². The van der Waals surface area contributed by atoms with Gasteiger partial charge in [-0.15, -0.1) is 0 Å². The minimum Gasteiger partial charge on any atom is -0.347 e. The third kappa shape index (κ3) is 4.28. The van der Waals surface area contributed by atoms with Crippen molar-refractivity contribution in [2.24, 2.45) is 7.05 Å². The van der Waals surface area contributed by atoms with E-state index in [1.165, 1.54) is 46.1 Å². The highest BCUT2D eigenvalue weighted by atomic mass is 32.1. The fraction of sp³-hybridized carbons (Fsp3) is 0.280. The van der Waals surface area contributed by atoms with Crippen molar-refractivity contribution in [3.8, 4) is 6.07 Å². The average Bonchev–Trinajstić information content (AvgIpc) is 3.40. The lowest BCUT2D eigenvalue weighted by molar-refractivity contribution is -0.138. The number of thiocarbonyl (C=S) groups is 1. The molecule has 2 aromatic heterocycles. The zero-order valence-corrected chi connectivity index (χ0v) is 21.1. The number of benzene rings is 1. The first kappa shape index (κ1) is 26.2. The minimum atomic E-state index is -4.88. The summed E-state index contributed by atoms with van der Waals surface area (Å²) in [5.41, 5.74) is -2.81. The zero-order chi connectivity index (χ0) is 28.1. The first-order valence-electron chi connectivity index (χ1n) is 11.7. The number of pyridine rings is 1. The van der Waals surface area contributed by atoms with Crippen molar-refractivity contribution in [3.63, 3.8) is 0 Å². The molecule has 1 saturated heterocycles. The molecule has 39 heavy (non-hydrogen) atoms. The van der Waals surface area contributed by atoms with Crippen molar-refractivity contribution >= 4 is 40.5 Å². The van der Waals surface area contributed by atoms with E-state index in [9.17, 15) is 22.8 Å². The normalized spacial score (nSPS) is 16.4. The van der Waals surface area contributed by atoms with E-state index in [0.29, 0.717) is 31.0 Å². The third-order valence-corrected chi connectivity index (χ3v) is 7.29. The van der Waals surface area contributed by atoms with E-state index in [1.807, 2.05) is 0 Å². The lowest BCUT2D eigenvalue weighted by Crippen LogP contribution is -2.55. The second-order valence-electron chi connectivity index (χ2n) is 9.14. The van der Waals surface area contributed by atoms with Gasteiger partial charge in [0.15, 0.2) is 10.8 Å². The maximum absolute atomic E-state index is 15.2. The number of rotatable bonds is 5. The third-order valence-electron chi connectivity index (χ3n) is 6.92. The molecular formula is C25H19F4N7O2S. The topological polar surface area (TPSA) is 107 Å². The molecule has 0 bridgehead atoms. The number of hydrogen-bond acceptors (Lipinski definition) is 6. The lowest BCUT2D eigenvalue weighted by atomic mass is 9.75. The zero-order valence-electron chi connectivity index (χ0n) is 20.3. The number of aryl methyl sites for hydroxylation is 1. The molecule has 1 saturated carbocycles. The van der Waals surface area contributed by atoms with Crippen LogP contribution in [-0.4, -0.2) is 37.2 Å². The Bertz CT molecular complexity index is 1560. The molecular weight excluding hydrogens is 538 g/mol. The van der Waals surface area contributed by atoms with Gasteiger partial charge in [-0.1, -0.05) is 6.07 Å². The maximum atomic E-state index is 15.2. The van der Waals surface area contributed by atoms with Crippen molar-refractivity contribution in [2.45, 2.75) is 37.5 Å². The summed E-state index contributed by atoms with van der Waals surface area (Å²) >= 11 is 5.54. The highest BCUT2D eigenvalue weighted by Gasteiger charge is 2.59. The van der Waals surface area contributed by atoms with Crippen molar-refractivity contribution in [1.29, 1.82) is 5.26 Å². The van der Waals surface area contributed by atoms with E-state index in [2.05, 4.69) is 15.4 Å². The number of aromatic nitrogens is 3. The number of halogens is 4. The van der Waals surface area contributed by atoms with Crippen LogP contribution in [-0.2, 0) is 24.6 Å². The number of nitriles is 1. The fourth-order valence-electron chi connectivity index (χ4n) is 4.77. The van der Waals surface area contributed by atoms with Gasteiger partial charge >= 0.3 is 6.18 Å². The van der Waals surface area contributed by atoms with Gasteiger partial charge in [-0.3, -0.25) is 19.2 Å². The molecule has 2 amide bonds. The minimum absolute atomic E-state index is 0.117. The number of hydrogen-bond donors (Lipinski definition) is 1. The molecule has 14 heteroatoms. The van der Waals surface area contributed by atoms with Crippen molar-refractivity contribution in [1.82, 2.24) is 20.1 Å². The summed E-state index contributed by atoms with van der Waals surface area (Å²) in [6, 6.07) is 7.75. The summed E-state index contributed by atoms with van der Waals surface area (Å²) in [5.74, 6) is -1.66. The van der Waals surface area contributed by atoms with Crippen LogP contribution in [0.1, 0.15) is 46.6 Å². The van der Waals surface area contributed by atoms with Crippen LogP contribution in [0.25, 0.3) is 0 Å². The molecule has 3 heterocycles. The Labute approximate surface area is 224 Å². The molecule has 2 fully saturated rings. The van der Waals surface area contributed by atoms with Gasteiger partial charge in [-0.05, 0) is 55.7 Å². The summed E-state index contributed by atoms with van der Waals surface area (Å²) in [5, 5.41) is 15.5. The van der Waals surface area contributed by atoms with Crippen LogP contribution in [0.5, 0.6) is 0 Å². The second kappa shape index (κ2) is 9.42. The monoisotopic (exact) mass is 557 g/mol. The number of carbonyl (C=O) groups excluding carboxylic acids is 2. The highest BCUT2D eigenvalue weighted by Crippen LogP contribution is 2.48. The van der Waals surface area contributed by atoms with Crippen LogP contribution in [0, 0.1) is 17.1 Å². The van der Waals surface area contributed by atoms with E-state index in [1.54, 1.807) is 7.05 Å². The Balaban J connectivity index is 1.44. The molecule has 3 aromatic rings. The standard InChI is InChI=1S/C25H19F4N7O2S/c1-34-20(5-8-33-34)21(37)32-12-14-3-4-15(10-18(14)26)36-23(39)35(22(38)24(36)6-2-7-24)16-9-17(25(27,28)29)19(11-30)31-13-16/h3-5,8-10,13H,2,6-7,12H2,1H3,(H,32,37). The summed E-state index contributed by atoms with van der Waals surface area (Å²) in [4.78, 5) is 31.9. The van der Waals surface area contributed by atoms with Crippen molar-refractivity contribution in [3.05, 3.63) is 71.1 Å². The first-order chi connectivity index (χ1) is 18.5. The largest absolute Gasteiger partial charge is 0.419 e. The summed E-state index contributed by atoms with van der Waals surface area (Å²) in [6.45, 7) is -0.117. The van der Waals surface area contributed by atoms with E-state index < -0.39 is 40.6 Å². The molecule has 1 N–H and O–H groups in total. The summed E-state index contributed by atoms with van der Waals surface area (Å²) in [7, 11) is 1.60. The predicted octanol–water partition coefficient (Wildman–Crippen LogP) is 3.84. The fourth-order valence-corrected chi connectivity index (χ4v) is 5.24. The smallest absolute Gasteiger partial charge is 0.347 e. The Morgan fingerprint density at radius 1 is 1.23 bits per heavy atom. The molecule has 0 radical (unpaired) electrons. The van der Waals surface area contributed by atoms with Gasteiger partial charge in [0.25, 0.3) is 11.8 Å². The average molecular weight is 558 g/mol. The molecule has 0 atom stereocenters. The number of nitrogens with one attached hydrogen (secondary N) is 1. The van der Waals surface area contributed by atoms with Gasteiger partial charge in [-0.25, -0.2) is 9.37 Å². The Kier molecular flexibility index (Phi) is 6.34. The van der Waals surface area contributed by atoms with Gasteiger partial charge in [-0.2, -0.15) is 23.5 Å². The van der Waals surface area contributed by atoms with E-state index in [0.717, 1.165) is 11.1 Å². The van der Waals surface area contributed by atoms with Crippen LogP contribution >= 0.6 is 12.2 Å². The van der Waals surface area contributed by atoms with Crippen molar-refractivity contribution in [2.75, 3.05) is 9.80 Å². The Morgan fingerprint density at radius 3 is 2.54 bits per heavy atom. The van der Waals surface area contributed by atoms with Gasteiger partial charge in [0, 0.05) is 31.0 Å². The van der Waals surface area contributed by atoms with Crippen LogP contribution in [0.2, 0.25) is 0 Å². The SMILES string of the molecule is Cn1nccc1C(=O)NCc1ccc(N2C(=S)N(c3cnc(C#N)c(C(F)(F)F)c3)C(=O)C23CCC3)cc1F. The molecule has 200 valence electrons. The summed E-state index contributed by atoms with van der Waals surface area (Å²) in [6.07, 6.45) is -1.04. The molecule has 1 spiro atoms. The maximum Gasteiger partial charge on any atom is 0.419 e. The summed E-state index contributed by atoms with van der Waals surface area (Å²) < 4.78 is 57.2. The molecule has 1 aliphatic carbocycles. The molecule has 9 nitrogen and oxygen atoms in total. The first-order valence-corrected chi connectivity index (χ1v) is 12.1. The van der Waals surface area contributed by atoms with Crippen LogP contribution < -0.4 is 15.1 Å². The van der Waals surface area contributed by atoms with Gasteiger partial charge in [0.1, 0.15) is 23.1 Å². The highest BCUT2D eigenvalue weighted by molar-refractivity contribution is 7.81. The quantitative estimate of drug-likeness (QED) is 0.375.